The number of carbonyl (C=O) groups is 2. The number of thiazole rings is 1. The van der Waals surface area contributed by atoms with Crippen LogP contribution in [-0.4, -0.2) is 26.9 Å². The van der Waals surface area contributed by atoms with Gasteiger partial charge in [0.15, 0.2) is 5.13 Å². The van der Waals surface area contributed by atoms with Gasteiger partial charge in [0.1, 0.15) is 11.5 Å². The third kappa shape index (κ3) is 4.96. The van der Waals surface area contributed by atoms with Crippen molar-refractivity contribution in [1.29, 1.82) is 0 Å². The Morgan fingerprint density at radius 3 is 2.39 bits per heavy atom. The van der Waals surface area contributed by atoms with Gasteiger partial charge >= 0.3 is 6.03 Å². The summed E-state index contributed by atoms with van der Waals surface area (Å²) in [5.74, 6) is 1.33. The zero-order chi connectivity index (χ0) is 23.8. The monoisotopic (exact) mass is 464 g/mol. The molecule has 0 radical (unpaired) electrons. The molecular formula is C23H24N6O3S. The molecule has 0 saturated carbocycles. The summed E-state index contributed by atoms with van der Waals surface area (Å²) in [6, 6.07) is 11.8. The van der Waals surface area contributed by atoms with Gasteiger partial charge in [0.05, 0.1) is 22.4 Å². The van der Waals surface area contributed by atoms with Gasteiger partial charge in [-0.15, -0.1) is 11.3 Å². The van der Waals surface area contributed by atoms with Crippen LogP contribution in [0.3, 0.4) is 0 Å². The quantitative estimate of drug-likeness (QED) is 0.370. The van der Waals surface area contributed by atoms with Crippen LogP contribution >= 0.6 is 11.3 Å². The number of fused-ring (bicyclic) bond motifs is 1. The molecule has 4 aromatic rings. The van der Waals surface area contributed by atoms with E-state index in [1.807, 2.05) is 11.4 Å². The average Bonchev–Trinajstić information content (AvgIpc) is 3.35. The number of aromatic amines is 1. The Morgan fingerprint density at radius 1 is 1.09 bits per heavy atom. The van der Waals surface area contributed by atoms with Gasteiger partial charge in [0.25, 0.3) is 0 Å². The summed E-state index contributed by atoms with van der Waals surface area (Å²) in [7, 11) is 0. The molecule has 170 valence electrons. The molecule has 9 nitrogen and oxygen atoms in total. The van der Waals surface area contributed by atoms with Crippen molar-refractivity contribution in [2.75, 3.05) is 10.2 Å². The summed E-state index contributed by atoms with van der Waals surface area (Å²) in [4.78, 5) is 36.7. The van der Waals surface area contributed by atoms with Crippen LogP contribution in [0.4, 0.5) is 21.6 Å². The van der Waals surface area contributed by atoms with Gasteiger partial charge in [-0.1, -0.05) is 20.8 Å². The molecule has 2 heterocycles. The molecule has 0 atom stereocenters. The van der Waals surface area contributed by atoms with E-state index in [0.717, 1.165) is 11.2 Å². The Morgan fingerprint density at radius 2 is 1.79 bits per heavy atom. The van der Waals surface area contributed by atoms with Crippen molar-refractivity contribution >= 4 is 51.1 Å². The molecule has 10 heteroatoms. The van der Waals surface area contributed by atoms with E-state index in [9.17, 15) is 9.59 Å². The second-order valence-corrected chi connectivity index (χ2v) is 9.32. The summed E-state index contributed by atoms with van der Waals surface area (Å²) in [5, 5.41) is 5.07. The van der Waals surface area contributed by atoms with Crippen molar-refractivity contribution in [2.24, 2.45) is 5.73 Å². The largest absolute Gasteiger partial charge is 0.457 e. The Labute approximate surface area is 194 Å². The smallest absolute Gasteiger partial charge is 0.325 e. The zero-order valence-electron chi connectivity index (χ0n) is 18.7. The number of urea groups is 1. The van der Waals surface area contributed by atoms with Crippen molar-refractivity contribution in [3.63, 3.8) is 0 Å². The highest BCUT2D eigenvalue weighted by molar-refractivity contribution is 7.14. The number of nitrogens with two attached hydrogens (primary N) is 1. The van der Waals surface area contributed by atoms with Crippen LogP contribution in [0.2, 0.25) is 0 Å². The maximum Gasteiger partial charge on any atom is 0.325 e. The first-order valence-electron chi connectivity index (χ1n) is 10.2. The number of primary amides is 1. The topological polar surface area (TPSA) is 126 Å². The number of hydrogen-bond donors (Lipinski definition) is 3. The Hall–Kier alpha value is -3.92. The van der Waals surface area contributed by atoms with E-state index in [1.165, 1.54) is 23.2 Å². The summed E-state index contributed by atoms with van der Waals surface area (Å²) in [6.07, 6.45) is 0. The van der Waals surface area contributed by atoms with E-state index in [0.29, 0.717) is 33.8 Å². The molecule has 0 unspecified atom stereocenters. The van der Waals surface area contributed by atoms with Crippen molar-refractivity contribution in [2.45, 2.75) is 33.1 Å². The fourth-order valence-corrected chi connectivity index (χ4v) is 4.19. The van der Waals surface area contributed by atoms with Gasteiger partial charge in [0.2, 0.25) is 11.9 Å². The number of rotatable bonds is 5. The first-order valence-corrected chi connectivity index (χ1v) is 11.1. The van der Waals surface area contributed by atoms with Crippen LogP contribution in [0.1, 0.15) is 33.4 Å². The Kier molecular flexibility index (Phi) is 5.77. The minimum Gasteiger partial charge on any atom is -0.457 e. The van der Waals surface area contributed by atoms with Crippen molar-refractivity contribution in [1.82, 2.24) is 15.0 Å². The number of ether oxygens (including phenoxy) is 1. The number of nitrogens with one attached hydrogen (secondary N) is 2. The SMILES string of the molecule is CC(=O)Nc1nc2cc(Oc3ccc(N(C(N)=O)c4nc(C(C)(C)C)cs4)cc3)ccc2[nH]1. The minimum atomic E-state index is -0.613. The number of aromatic nitrogens is 3. The molecular weight excluding hydrogens is 440 g/mol. The summed E-state index contributed by atoms with van der Waals surface area (Å²) in [5.41, 5.74) is 8.44. The summed E-state index contributed by atoms with van der Waals surface area (Å²) >= 11 is 1.37. The molecule has 2 aromatic carbocycles. The maximum absolute atomic E-state index is 12.2. The molecule has 33 heavy (non-hydrogen) atoms. The molecule has 3 amide bonds. The van der Waals surface area contributed by atoms with Crippen molar-refractivity contribution < 1.29 is 14.3 Å². The van der Waals surface area contributed by atoms with Gasteiger partial charge in [-0.05, 0) is 36.4 Å². The lowest BCUT2D eigenvalue weighted by Crippen LogP contribution is -2.31. The molecule has 0 bridgehead atoms. The van der Waals surface area contributed by atoms with Crippen LogP contribution in [0, 0.1) is 0 Å². The van der Waals surface area contributed by atoms with E-state index >= 15 is 0 Å². The second-order valence-electron chi connectivity index (χ2n) is 8.48. The van der Waals surface area contributed by atoms with E-state index in [-0.39, 0.29) is 11.3 Å². The highest BCUT2D eigenvalue weighted by Gasteiger charge is 2.23. The molecule has 4 N–H and O–H groups in total. The fraction of sp³-hybridized carbons (Fsp3) is 0.217. The van der Waals surface area contributed by atoms with Gasteiger partial charge in [-0.25, -0.2) is 19.7 Å². The normalized spacial score (nSPS) is 11.4. The van der Waals surface area contributed by atoms with Gasteiger partial charge in [0, 0.05) is 23.8 Å². The summed E-state index contributed by atoms with van der Waals surface area (Å²) in [6.45, 7) is 7.61. The predicted octanol–water partition coefficient (Wildman–Crippen LogP) is 5.28. The maximum atomic E-state index is 12.2. The number of nitrogens with zero attached hydrogens (tertiary/aromatic N) is 3. The van der Waals surface area contributed by atoms with Gasteiger partial charge < -0.3 is 15.5 Å². The Balaban J connectivity index is 1.54. The molecule has 0 fully saturated rings. The molecule has 0 aliphatic heterocycles. The number of H-pyrrole nitrogens is 1. The third-order valence-corrected chi connectivity index (χ3v) is 5.58. The molecule has 4 rings (SSSR count). The van der Waals surface area contributed by atoms with E-state index in [4.69, 9.17) is 10.5 Å². The highest BCUT2D eigenvalue weighted by atomic mass is 32.1. The lowest BCUT2D eigenvalue weighted by Gasteiger charge is -2.19. The molecule has 0 saturated heterocycles. The first kappa shape index (κ1) is 22.3. The number of benzene rings is 2. The number of anilines is 3. The van der Waals surface area contributed by atoms with Crippen LogP contribution in [0.25, 0.3) is 11.0 Å². The fourth-order valence-electron chi connectivity index (χ4n) is 3.12. The first-order chi connectivity index (χ1) is 15.6. The second kappa shape index (κ2) is 8.55. The van der Waals surface area contributed by atoms with Crippen LogP contribution in [0.15, 0.2) is 47.8 Å². The number of amides is 3. The van der Waals surface area contributed by atoms with Crippen LogP contribution < -0.4 is 20.7 Å². The van der Waals surface area contributed by atoms with Crippen molar-refractivity contribution in [3.05, 3.63) is 53.5 Å². The molecule has 0 spiro atoms. The standard InChI is InChI=1S/C23H24N6O3S/c1-13(30)25-21-26-17-10-9-16(11-18(17)27-21)32-15-7-5-14(6-8-15)29(20(24)31)22-28-19(12-33-22)23(2,3)4/h5-12H,1-4H3,(H2,24,31)(H2,25,26,27,30). The number of hydrogen-bond acceptors (Lipinski definition) is 6. The van der Waals surface area contributed by atoms with E-state index in [2.05, 4.69) is 41.0 Å². The van der Waals surface area contributed by atoms with Gasteiger partial charge in [-0.3, -0.25) is 10.1 Å². The lowest BCUT2D eigenvalue weighted by atomic mass is 9.93. The average molecular weight is 465 g/mol. The van der Waals surface area contributed by atoms with Crippen LogP contribution in [-0.2, 0) is 10.2 Å². The van der Waals surface area contributed by atoms with E-state index < -0.39 is 6.03 Å². The molecule has 0 aliphatic carbocycles. The third-order valence-electron chi connectivity index (χ3n) is 4.75. The van der Waals surface area contributed by atoms with Crippen molar-refractivity contribution in [3.8, 4) is 11.5 Å². The van der Waals surface area contributed by atoms with Crippen LogP contribution in [0.5, 0.6) is 11.5 Å². The number of imidazole rings is 1. The zero-order valence-corrected chi connectivity index (χ0v) is 19.5. The Bertz CT molecular complexity index is 1320. The predicted molar refractivity (Wildman–Crippen MR) is 129 cm³/mol. The lowest BCUT2D eigenvalue weighted by molar-refractivity contribution is -0.114. The number of carbonyl (C=O) groups excluding carboxylic acids is 2. The van der Waals surface area contributed by atoms with Gasteiger partial charge in [-0.2, -0.15) is 0 Å². The summed E-state index contributed by atoms with van der Waals surface area (Å²) < 4.78 is 5.94. The highest BCUT2D eigenvalue weighted by Crippen LogP contribution is 2.34. The van der Waals surface area contributed by atoms with E-state index in [1.54, 1.807) is 36.4 Å². The molecule has 0 aliphatic rings. The minimum absolute atomic E-state index is 0.131. The molecule has 2 aromatic heterocycles.